The number of hydrogen-bond donors (Lipinski definition) is 1. The summed E-state index contributed by atoms with van der Waals surface area (Å²) in [5.74, 6) is 0. The van der Waals surface area contributed by atoms with Gasteiger partial charge in [-0.2, -0.15) is 5.10 Å². The summed E-state index contributed by atoms with van der Waals surface area (Å²) in [5, 5.41) is 13.8. The number of aliphatic hydroxyl groups excluding tert-OH is 1. The number of aryl methyl sites for hydroxylation is 2. The van der Waals surface area contributed by atoms with Gasteiger partial charge >= 0.3 is 0 Å². The van der Waals surface area contributed by atoms with Crippen LogP contribution in [-0.4, -0.2) is 39.0 Å². The summed E-state index contributed by atoms with van der Waals surface area (Å²) in [6.07, 6.45) is 5.71. The smallest absolute Gasteiger partial charge is 0.0625 e. The van der Waals surface area contributed by atoms with Crippen LogP contribution in [0.3, 0.4) is 0 Å². The quantitative estimate of drug-likeness (QED) is 0.857. The summed E-state index contributed by atoms with van der Waals surface area (Å²) >= 11 is 0. The van der Waals surface area contributed by atoms with Gasteiger partial charge in [-0.15, -0.1) is 0 Å². The van der Waals surface area contributed by atoms with Crippen LogP contribution in [0.2, 0.25) is 0 Å². The first-order valence-corrected chi connectivity index (χ1v) is 7.69. The minimum Gasteiger partial charge on any atom is -0.396 e. The second-order valence-electron chi connectivity index (χ2n) is 5.43. The molecule has 19 heavy (non-hydrogen) atoms. The van der Waals surface area contributed by atoms with Gasteiger partial charge in [-0.1, -0.05) is 13.3 Å². The fourth-order valence-corrected chi connectivity index (χ4v) is 3.04. The van der Waals surface area contributed by atoms with E-state index in [1.807, 2.05) is 0 Å². The molecule has 0 amide bonds. The van der Waals surface area contributed by atoms with Gasteiger partial charge in [0.05, 0.1) is 11.4 Å². The fraction of sp³-hybridized carbons (Fsp3) is 0.800. The van der Waals surface area contributed by atoms with Crippen molar-refractivity contribution in [2.24, 2.45) is 0 Å². The predicted octanol–water partition coefficient (Wildman–Crippen LogP) is 2.20. The summed E-state index contributed by atoms with van der Waals surface area (Å²) in [6.45, 7) is 7.67. The monoisotopic (exact) mass is 265 g/mol. The third-order valence-corrected chi connectivity index (χ3v) is 4.15. The number of aromatic nitrogens is 2. The predicted molar refractivity (Wildman–Crippen MR) is 77.0 cm³/mol. The lowest BCUT2D eigenvalue weighted by molar-refractivity contribution is 0.109. The second-order valence-corrected chi connectivity index (χ2v) is 5.43. The molecule has 0 aromatic carbocycles. The van der Waals surface area contributed by atoms with Crippen LogP contribution in [-0.2, 0) is 19.5 Å². The van der Waals surface area contributed by atoms with Crippen molar-refractivity contribution < 1.29 is 5.11 Å². The van der Waals surface area contributed by atoms with Crippen LogP contribution in [0.25, 0.3) is 0 Å². The summed E-state index contributed by atoms with van der Waals surface area (Å²) < 4.78 is 2.13. The third-order valence-electron chi connectivity index (χ3n) is 4.15. The van der Waals surface area contributed by atoms with E-state index in [-0.39, 0.29) is 0 Å². The van der Waals surface area contributed by atoms with Gasteiger partial charge in [0.25, 0.3) is 0 Å². The molecule has 1 atom stereocenters. The molecule has 108 valence electrons. The first-order valence-electron chi connectivity index (χ1n) is 7.69. The molecule has 1 saturated heterocycles. The van der Waals surface area contributed by atoms with E-state index in [1.54, 1.807) is 0 Å². The van der Waals surface area contributed by atoms with Crippen molar-refractivity contribution in [3.63, 3.8) is 0 Å². The number of likely N-dealkylation sites (tertiary alicyclic amines) is 1. The Kier molecular flexibility index (Phi) is 5.40. The summed E-state index contributed by atoms with van der Waals surface area (Å²) in [5.41, 5.74) is 2.51. The molecule has 0 radical (unpaired) electrons. The minimum atomic E-state index is 0.300. The lowest BCUT2D eigenvalue weighted by atomic mass is 9.99. The highest BCUT2D eigenvalue weighted by Gasteiger charge is 2.23. The molecule has 0 bridgehead atoms. The van der Waals surface area contributed by atoms with E-state index in [9.17, 15) is 5.11 Å². The molecule has 2 rings (SSSR count). The Bertz CT molecular complexity index is 387. The highest BCUT2D eigenvalue weighted by molar-refractivity contribution is 5.10. The SMILES string of the molecule is CCc1cc(CN2CCCCC2CCO)n(CC)n1. The molecule has 1 aliphatic rings. The molecular weight excluding hydrogens is 238 g/mol. The van der Waals surface area contributed by atoms with Crippen LogP contribution in [0.5, 0.6) is 0 Å². The van der Waals surface area contributed by atoms with Crippen molar-refractivity contribution in [1.29, 1.82) is 0 Å². The maximum Gasteiger partial charge on any atom is 0.0625 e. The van der Waals surface area contributed by atoms with E-state index in [0.717, 1.165) is 32.5 Å². The maximum atomic E-state index is 9.20. The minimum absolute atomic E-state index is 0.300. The van der Waals surface area contributed by atoms with Crippen LogP contribution in [0.15, 0.2) is 6.07 Å². The van der Waals surface area contributed by atoms with Crippen LogP contribution in [0.4, 0.5) is 0 Å². The molecule has 4 nitrogen and oxygen atoms in total. The number of aliphatic hydroxyl groups is 1. The summed E-state index contributed by atoms with van der Waals surface area (Å²) in [4.78, 5) is 2.53. The Labute approximate surface area is 116 Å². The van der Waals surface area contributed by atoms with Crippen LogP contribution in [0.1, 0.15) is 50.9 Å². The second kappa shape index (κ2) is 7.06. The zero-order chi connectivity index (χ0) is 13.7. The average Bonchev–Trinajstić information content (AvgIpc) is 2.83. The first-order chi connectivity index (χ1) is 9.28. The van der Waals surface area contributed by atoms with Gasteiger partial charge in [0.1, 0.15) is 0 Å². The number of rotatable bonds is 6. The molecular formula is C15H27N3O. The molecule has 0 spiro atoms. The van der Waals surface area contributed by atoms with Crippen molar-refractivity contribution >= 4 is 0 Å². The zero-order valence-corrected chi connectivity index (χ0v) is 12.3. The molecule has 0 saturated carbocycles. The Morgan fingerprint density at radius 2 is 2.21 bits per heavy atom. The van der Waals surface area contributed by atoms with Gasteiger partial charge in [0.2, 0.25) is 0 Å². The third kappa shape index (κ3) is 3.57. The summed E-state index contributed by atoms with van der Waals surface area (Å²) in [7, 11) is 0. The molecule has 1 aliphatic heterocycles. The summed E-state index contributed by atoms with van der Waals surface area (Å²) in [6, 6.07) is 2.79. The van der Waals surface area contributed by atoms with Crippen molar-refractivity contribution in [1.82, 2.24) is 14.7 Å². The lowest BCUT2D eigenvalue weighted by Crippen LogP contribution is -2.39. The molecule has 1 N–H and O–H groups in total. The van der Waals surface area contributed by atoms with E-state index in [2.05, 4.69) is 34.6 Å². The number of hydrogen-bond acceptors (Lipinski definition) is 3. The van der Waals surface area contributed by atoms with Gasteiger partial charge < -0.3 is 5.11 Å². The van der Waals surface area contributed by atoms with Crippen molar-refractivity contribution in [2.75, 3.05) is 13.2 Å². The number of nitrogens with zero attached hydrogens (tertiary/aromatic N) is 3. The largest absolute Gasteiger partial charge is 0.396 e. The maximum absolute atomic E-state index is 9.20. The van der Waals surface area contributed by atoms with Crippen molar-refractivity contribution in [3.8, 4) is 0 Å². The molecule has 0 aliphatic carbocycles. The van der Waals surface area contributed by atoms with Crippen molar-refractivity contribution in [3.05, 3.63) is 17.5 Å². The van der Waals surface area contributed by atoms with Crippen molar-refractivity contribution in [2.45, 2.75) is 65.1 Å². The molecule has 1 fully saturated rings. The first kappa shape index (κ1) is 14.5. The normalized spacial score (nSPS) is 20.9. The van der Waals surface area contributed by atoms with Crippen LogP contribution >= 0.6 is 0 Å². The Balaban J connectivity index is 2.07. The van der Waals surface area contributed by atoms with Gasteiger partial charge in [-0.25, -0.2) is 0 Å². The Morgan fingerprint density at radius 1 is 1.37 bits per heavy atom. The molecule has 1 unspecified atom stereocenters. The Hall–Kier alpha value is -0.870. The van der Waals surface area contributed by atoms with Gasteiger partial charge in [-0.3, -0.25) is 9.58 Å². The highest BCUT2D eigenvalue weighted by Crippen LogP contribution is 2.22. The highest BCUT2D eigenvalue weighted by atomic mass is 16.3. The van der Waals surface area contributed by atoms with Crippen LogP contribution < -0.4 is 0 Å². The molecule has 4 heteroatoms. The fourth-order valence-electron chi connectivity index (χ4n) is 3.04. The molecule has 1 aromatic heterocycles. The lowest BCUT2D eigenvalue weighted by Gasteiger charge is -2.35. The van der Waals surface area contributed by atoms with Gasteiger partial charge in [0, 0.05) is 25.7 Å². The topological polar surface area (TPSA) is 41.3 Å². The number of piperidine rings is 1. The average molecular weight is 265 g/mol. The molecule has 2 heterocycles. The van der Waals surface area contributed by atoms with Crippen LogP contribution in [0, 0.1) is 0 Å². The zero-order valence-electron chi connectivity index (χ0n) is 12.3. The van der Waals surface area contributed by atoms with E-state index in [4.69, 9.17) is 0 Å². The van der Waals surface area contributed by atoms with Gasteiger partial charge in [0.15, 0.2) is 0 Å². The Morgan fingerprint density at radius 3 is 2.89 bits per heavy atom. The van der Waals surface area contributed by atoms with E-state index in [0.29, 0.717) is 12.6 Å². The standard InChI is InChI=1S/C15H27N3O/c1-3-13-11-15(18(4-2)16-13)12-17-9-6-5-7-14(17)8-10-19/h11,14,19H,3-10,12H2,1-2H3. The van der Waals surface area contributed by atoms with E-state index >= 15 is 0 Å². The van der Waals surface area contributed by atoms with Gasteiger partial charge in [-0.05, 0) is 45.2 Å². The molecule has 1 aromatic rings. The van der Waals surface area contributed by atoms with E-state index in [1.165, 1.54) is 30.7 Å². The van der Waals surface area contributed by atoms with E-state index < -0.39 is 0 Å².